The van der Waals surface area contributed by atoms with Gasteiger partial charge in [-0.2, -0.15) is 0 Å². The third-order valence-electron chi connectivity index (χ3n) is 4.95. The maximum Gasteiger partial charge on any atom is 0.415 e. The quantitative estimate of drug-likeness (QED) is 0.682. The number of aromatic nitrogens is 1. The van der Waals surface area contributed by atoms with Crippen LogP contribution in [0.1, 0.15) is 21.7 Å². The number of rotatable bonds is 2. The van der Waals surface area contributed by atoms with Gasteiger partial charge < -0.3 is 19.0 Å². The number of amides is 2. The molecule has 4 rings (SSSR count). The molecule has 7 nitrogen and oxygen atoms in total. The van der Waals surface area contributed by atoms with Crippen LogP contribution in [0.3, 0.4) is 0 Å². The van der Waals surface area contributed by atoms with Gasteiger partial charge in [-0.1, -0.05) is 12.1 Å². The van der Waals surface area contributed by atoms with E-state index in [1.165, 1.54) is 6.20 Å². The van der Waals surface area contributed by atoms with E-state index in [1.54, 1.807) is 28.1 Å². The Labute approximate surface area is 162 Å². The largest absolute Gasteiger partial charge is 0.451 e. The van der Waals surface area contributed by atoms with Crippen LogP contribution in [-0.4, -0.2) is 53.0 Å². The number of ether oxygens (including phenoxy) is 1. The molecule has 0 N–H and O–H groups in total. The molecule has 0 bridgehead atoms. The molecule has 2 aromatic heterocycles. The lowest BCUT2D eigenvalue weighted by Gasteiger charge is -2.33. The summed E-state index contributed by atoms with van der Waals surface area (Å²) in [6.45, 7) is 5.55. The fraction of sp³-hybridized carbons (Fsp3) is 0.286. The summed E-state index contributed by atoms with van der Waals surface area (Å²) in [7, 11) is 0. The van der Waals surface area contributed by atoms with E-state index in [0.29, 0.717) is 37.7 Å². The second-order valence-corrected chi connectivity index (χ2v) is 6.89. The zero-order chi connectivity index (χ0) is 19.7. The number of carbonyl (C=O) groups is 2. The number of aryl methyl sites for hydroxylation is 2. The van der Waals surface area contributed by atoms with E-state index in [9.17, 15) is 9.59 Å². The summed E-state index contributed by atoms with van der Waals surface area (Å²) >= 11 is 0. The second kappa shape index (κ2) is 7.34. The van der Waals surface area contributed by atoms with Gasteiger partial charge in [-0.15, -0.1) is 0 Å². The molecule has 1 aliphatic heterocycles. The van der Waals surface area contributed by atoms with Crippen LogP contribution in [0.2, 0.25) is 0 Å². The topological polar surface area (TPSA) is 75.9 Å². The molecule has 0 saturated carbocycles. The van der Waals surface area contributed by atoms with Crippen molar-refractivity contribution < 1.29 is 18.7 Å². The summed E-state index contributed by atoms with van der Waals surface area (Å²) < 4.78 is 11.2. The van der Waals surface area contributed by atoms with Crippen molar-refractivity contribution in [2.45, 2.75) is 13.8 Å². The van der Waals surface area contributed by atoms with Gasteiger partial charge >= 0.3 is 6.09 Å². The van der Waals surface area contributed by atoms with Gasteiger partial charge in [0.2, 0.25) is 0 Å². The molecule has 0 aliphatic carbocycles. The Morgan fingerprint density at radius 2 is 1.82 bits per heavy atom. The highest BCUT2D eigenvalue weighted by atomic mass is 16.6. The Hall–Kier alpha value is -3.35. The molecule has 0 radical (unpaired) electrons. The number of hydrogen-bond donors (Lipinski definition) is 0. The van der Waals surface area contributed by atoms with E-state index in [4.69, 9.17) is 9.15 Å². The summed E-state index contributed by atoms with van der Waals surface area (Å²) in [6, 6.07) is 9.30. The lowest BCUT2D eigenvalue weighted by molar-refractivity contribution is 0.0605. The monoisotopic (exact) mass is 379 g/mol. The van der Waals surface area contributed by atoms with Crippen molar-refractivity contribution >= 4 is 23.0 Å². The van der Waals surface area contributed by atoms with Crippen LogP contribution >= 0.6 is 0 Å². The van der Waals surface area contributed by atoms with Crippen LogP contribution < -0.4 is 4.74 Å². The molecule has 2 amide bonds. The highest BCUT2D eigenvalue weighted by molar-refractivity contribution is 5.99. The van der Waals surface area contributed by atoms with E-state index in [0.717, 1.165) is 22.1 Å². The minimum absolute atomic E-state index is 0.147. The van der Waals surface area contributed by atoms with Crippen molar-refractivity contribution in [2.75, 3.05) is 26.2 Å². The first-order valence-corrected chi connectivity index (χ1v) is 9.19. The minimum Gasteiger partial charge on any atom is -0.451 e. The van der Waals surface area contributed by atoms with Crippen LogP contribution in [-0.2, 0) is 0 Å². The number of pyridine rings is 1. The molecule has 0 unspecified atom stereocenters. The summed E-state index contributed by atoms with van der Waals surface area (Å²) in [5.74, 6) is 0.623. The average Bonchev–Trinajstić information content (AvgIpc) is 3.04. The summed E-state index contributed by atoms with van der Waals surface area (Å²) in [5.41, 5.74) is 2.65. The van der Waals surface area contributed by atoms with Crippen molar-refractivity contribution in [1.29, 1.82) is 0 Å². The van der Waals surface area contributed by atoms with E-state index < -0.39 is 6.09 Å². The smallest absolute Gasteiger partial charge is 0.415 e. The van der Waals surface area contributed by atoms with E-state index in [-0.39, 0.29) is 5.91 Å². The Morgan fingerprint density at radius 1 is 1.07 bits per heavy atom. The maximum atomic E-state index is 12.9. The Kier molecular flexibility index (Phi) is 4.73. The number of benzene rings is 1. The molecular weight excluding hydrogens is 358 g/mol. The molecule has 0 spiro atoms. The van der Waals surface area contributed by atoms with Crippen molar-refractivity contribution in [3.8, 4) is 5.75 Å². The van der Waals surface area contributed by atoms with Crippen LogP contribution in [0.25, 0.3) is 11.0 Å². The molecule has 1 saturated heterocycles. The predicted octanol–water partition coefficient (Wildman–Crippen LogP) is 3.40. The SMILES string of the molecule is Cc1ccc2c(C)c(C(=O)N3CCN(C(=O)Oc4cccnc4)CC3)oc2c1. The third kappa shape index (κ3) is 3.43. The Balaban J connectivity index is 1.41. The number of hydrogen-bond acceptors (Lipinski definition) is 5. The molecule has 1 fully saturated rings. The second-order valence-electron chi connectivity index (χ2n) is 6.89. The fourth-order valence-electron chi connectivity index (χ4n) is 3.35. The predicted molar refractivity (Wildman–Crippen MR) is 103 cm³/mol. The Bertz CT molecular complexity index is 1020. The lowest BCUT2D eigenvalue weighted by atomic mass is 10.1. The number of furan rings is 1. The van der Waals surface area contributed by atoms with E-state index >= 15 is 0 Å². The van der Waals surface area contributed by atoms with Gasteiger partial charge in [-0.3, -0.25) is 9.78 Å². The molecule has 144 valence electrons. The van der Waals surface area contributed by atoms with Crippen LogP contribution in [0.5, 0.6) is 5.75 Å². The summed E-state index contributed by atoms with van der Waals surface area (Å²) in [6.07, 6.45) is 2.67. The van der Waals surface area contributed by atoms with Crippen LogP contribution in [0.15, 0.2) is 47.1 Å². The van der Waals surface area contributed by atoms with Crippen molar-refractivity contribution in [2.24, 2.45) is 0 Å². The molecule has 28 heavy (non-hydrogen) atoms. The molecule has 3 heterocycles. The molecule has 1 aliphatic rings. The van der Waals surface area contributed by atoms with Crippen LogP contribution in [0.4, 0.5) is 4.79 Å². The minimum atomic E-state index is -0.435. The molecule has 7 heteroatoms. The van der Waals surface area contributed by atoms with Crippen molar-refractivity contribution in [1.82, 2.24) is 14.8 Å². The molecule has 3 aromatic rings. The summed E-state index contributed by atoms with van der Waals surface area (Å²) in [4.78, 5) is 32.4. The Morgan fingerprint density at radius 3 is 2.54 bits per heavy atom. The zero-order valence-corrected chi connectivity index (χ0v) is 15.8. The summed E-state index contributed by atoms with van der Waals surface area (Å²) in [5, 5.41) is 0.952. The van der Waals surface area contributed by atoms with Gasteiger partial charge in [0.1, 0.15) is 5.58 Å². The number of nitrogens with zero attached hydrogens (tertiary/aromatic N) is 3. The lowest BCUT2D eigenvalue weighted by Crippen LogP contribution is -2.51. The van der Waals surface area contributed by atoms with Gasteiger partial charge in [0.05, 0.1) is 6.20 Å². The van der Waals surface area contributed by atoms with Gasteiger partial charge in [-0.05, 0) is 37.6 Å². The van der Waals surface area contributed by atoms with Crippen molar-refractivity contribution in [3.63, 3.8) is 0 Å². The number of carbonyl (C=O) groups excluding carboxylic acids is 2. The first-order chi connectivity index (χ1) is 13.5. The van der Waals surface area contributed by atoms with Gasteiger partial charge in [-0.25, -0.2) is 4.79 Å². The van der Waals surface area contributed by atoms with Crippen LogP contribution in [0, 0.1) is 13.8 Å². The zero-order valence-electron chi connectivity index (χ0n) is 15.8. The van der Waals surface area contributed by atoms with Gasteiger partial charge in [0, 0.05) is 43.3 Å². The first kappa shape index (κ1) is 18.0. The molecular formula is C21H21N3O4. The number of fused-ring (bicyclic) bond motifs is 1. The standard InChI is InChI=1S/C21H21N3O4/c1-14-5-6-17-15(2)19(28-18(17)12-14)20(25)23-8-10-24(11-9-23)21(26)27-16-4-3-7-22-13-16/h3-7,12-13H,8-11H2,1-2H3. The first-order valence-electron chi connectivity index (χ1n) is 9.19. The highest BCUT2D eigenvalue weighted by Gasteiger charge is 2.29. The third-order valence-corrected chi connectivity index (χ3v) is 4.95. The maximum absolute atomic E-state index is 12.9. The van der Waals surface area contributed by atoms with Gasteiger partial charge in [0.15, 0.2) is 11.5 Å². The highest BCUT2D eigenvalue weighted by Crippen LogP contribution is 2.27. The molecule has 0 atom stereocenters. The van der Waals surface area contributed by atoms with E-state index in [2.05, 4.69) is 4.98 Å². The normalized spacial score (nSPS) is 14.4. The average molecular weight is 379 g/mol. The van der Waals surface area contributed by atoms with Gasteiger partial charge in [0.25, 0.3) is 5.91 Å². The number of piperazine rings is 1. The van der Waals surface area contributed by atoms with E-state index in [1.807, 2.05) is 32.0 Å². The van der Waals surface area contributed by atoms with Crippen molar-refractivity contribution in [3.05, 3.63) is 59.6 Å². The molecule has 1 aromatic carbocycles. The fourth-order valence-corrected chi connectivity index (χ4v) is 3.35.